The van der Waals surface area contributed by atoms with Gasteiger partial charge >= 0.3 is 0 Å². The Hall–Kier alpha value is -5.06. The predicted molar refractivity (Wildman–Crippen MR) is 170 cm³/mol. The third-order valence-corrected chi connectivity index (χ3v) is 9.20. The highest BCUT2D eigenvalue weighted by atomic mass is 32.1. The summed E-state index contributed by atoms with van der Waals surface area (Å²) in [7, 11) is 0. The van der Waals surface area contributed by atoms with Gasteiger partial charge in [-0.05, 0) is 29.0 Å². The normalized spacial score (nSPS) is 12.0. The first-order chi connectivity index (χ1) is 19.8. The first-order valence-electron chi connectivity index (χ1n) is 13.4. The molecule has 0 N–H and O–H groups in total. The number of thiophene rings is 1. The molecule has 0 aliphatic carbocycles. The molecule has 0 fully saturated rings. The molecule has 3 heterocycles. The van der Waals surface area contributed by atoms with Gasteiger partial charge in [-0.25, -0.2) is 9.97 Å². The SMILES string of the molecule is c1ccc(-c2nc(-n3c4ccccc4c4ccc5sc6c7ccccc7ccc6c5c43)nc3ccccc23)cc1. The summed E-state index contributed by atoms with van der Waals surface area (Å²) in [5.74, 6) is 0.691. The predicted octanol–water partition coefficient (Wildman–Crippen LogP) is 9.91. The van der Waals surface area contributed by atoms with Crippen LogP contribution in [0.1, 0.15) is 0 Å². The van der Waals surface area contributed by atoms with Gasteiger partial charge in [0.15, 0.2) is 0 Å². The second-order valence-corrected chi connectivity index (χ2v) is 11.3. The number of rotatable bonds is 2. The van der Waals surface area contributed by atoms with Crippen LogP contribution in [0.4, 0.5) is 0 Å². The molecule has 0 saturated carbocycles. The van der Waals surface area contributed by atoms with E-state index in [1.165, 1.54) is 41.7 Å². The third kappa shape index (κ3) is 2.99. The largest absolute Gasteiger partial charge is 0.277 e. The number of nitrogens with zero attached hydrogens (tertiary/aromatic N) is 3. The monoisotopic (exact) mass is 527 g/mol. The molecule has 0 atom stereocenters. The summed E-state index contributed by atoms with van der Waals surface area (Å²) in [6.07, 6.45) is 0. The molecule has 0 saturated heterocycles. The van der Waals surface area contributed by atoms with Gasteiger partial charge in [-0.3, -0.25) is 4.57 Å². The van der Waals surface area contributed by atoms with E-state index in [0.717, 1.165) is 33.2 Å². The topological polar surface area (TPSA) is 30.7 Å². The Balaban J connectivity index is 1.48. The van der Waals surface area contributed by atoms with E-state index in [2.05, 4.69) is 126 Å². The van der Waals surface area contributed by atoms with Gasteiger partial charge in [0.25, 0.3) is 0 Å². The molecule has 0 aliphatic heterocycles. The Morgan fingerprint density at radius 1 is 0.525 bits per heavy atom. The van der Waals surface area contributed by atoms with Crippen molar-refractivity contribution in [3.8, 4) is 17.2 Å². The molecule has 0 amide bonds. The first-order valence-corrected chi connectivity index (χ1v) is 14.3. The number of hydrogen-bond acceptors (Lipinski definition) is 3. The zero-order chi connectivity index (χ0) is 26.2. The molecular weight excluding hydrogens is 506 g/mol. The zero-order valence-electron chi connectivity index (χ0n) is 21.4. The lowest BCUT2D eigenvalue weighted by atomic mass is 10.0. The van der Waals surface area contributed by atoms with Crippen molar-refractivity contribution < 1.29 is 0 Å². The molecule has 0 spiro atoms. The summed E-state index contributed by atoms with van der Waals surface area (Å²) in [4.78, 5) is 10.5. The number of fused-ring (bicyclic) bond motifs is 10. The van der Waals surface area contributed by atoms with Crippen molar-refractivity contribution in [2.45, 2.75) is 0 Å². The molecule has 3 nitrogen and oxygen atoms in total. The minimum Gasteiger partial charge on any atom is -0.277 e. The van der Waals surface area contributed by atoms with Crippen molar-refractivity contribution in [1.29, 1.82) is 0 Å². The third-order valence-electron chi connectivity index (χ3n) is 8.00. The van der Waals surface area contributed by atoms with Crippen LogP contribution in [0.2, 0.25) is 0 Å². The van der Waals surface area contributed by atoms with Gasteiger partial charge in [-0.2, -0.15) is 0 Å². The summed E-state index contributed by atoms with van der Waals surface area (Å²) >= 11 is 1.87. The highest BCUT2D eigenvalue weighted by molar-refractivity contribution is 7.26. The maximum Gasteiger partial charge on any atom is 0.235 e. The van der Waals surface area contributed by atoms with E-state index in [1.54, 1.807) is 0 Å². The number of benzene rings is 6. The highest BCUT2D eigenvalue weighted by Gasteiger charge is 2.21. The van der Waals surface area contributed by atoms with Crippen molar-refractivity contribution in [2.75, 3.05) is 0 Å². The molecule has 4 heteroatoms. The summed E-state index contributed by atoms with van der Waals surface area (Å²) < 4.78 is 4.88. The van der Waals surface area contributed by atoms with Crippen LogP contribution in [0.15, 0.2) is 127 Å². The van der Waals surface area contributed by atoms with Gasteiger partial charge in [0.1, 0.15) is 0 Å². The summed E-state index contributed by atoms with van der Waals surface area (Å²) in [6.45, 7) is 0. The lowest BCUT2D eigenvalue weighted by molar-refractivity contribution is 1.02. The molecule has 0 unspecified atom stereocenters. The van der Waals surface area contributed by atoms with Crippen molar-refractivity contribution in [2.24, 2.45) is 0 Å². The van der Waals surface area contributed by atoms with E-state index in [4.69, 9.17) is 9.97 Å². The smallest absolute Gasteiger partial charge is 0.235 e. The molecule has 0 aliphatic rings. The van der Waals surface area contributed by atoms with Gasteiger partial charge in [-0.15, -0.1) is 11.3 Å². The van der Waals surface area contributed by atoms with E-state index in [-0.39, 0.29) is 0 Å². The second kappa shape index (κ2) is 8.22. The average Bonchev–Trinajstić information content (AvgIpc) is 3.57. The second-order valence-electron chi connectivity index (χ2n) is 10.2. The van der Waals surface area contributed by atoms with Crippen LogP contribution in [-0.4, -0.2) is 14.5 Å². The van der Waals surface area contributed by atoms with Gasteiger partial charge in [-0.1, -0.05) is 109 Å². The Morgan fingerprint density at radius 3 is 2.15 bits per heavy atom. The maximum absolute atomic E-state index is 5.29. The molecule has 0 bridgehead atoms. The maximum atomic E-state index is 5.29. The van der Waals surface area contributed by atoms with Gasteiger partial charge in [0.05, 0.1) is 22.2 Å². The van der Waals surface area contributed by atoms with E-state index in [1.807, 2.05) is 17.4 Å². The van der Waals surface area contributed by atoms with Gasteiger partial charge in [0, 0.05) is 41.9 Å². The van der Waals surface area contributed by atoms with Crippen molar-refractivity contribution in [1.82, 2.24) is 14.5 Å². The van der Waals surface area contributed by atoms with Gasteiger partial charge in [0.2, 0.25) is 5.95 Å². The average molecular weight is 528 g/mol. The first kappa shape index (κ1) is 21.8. The van der Waals surface area contributed by atoms with E-state index in [9.17, 15) is 0 Å². The Kier molecular flexibility index (Phi) is 4.48. The van der Waals surface area contributed by atoms with Crippen LogP contribution >= 0.6 is 11.3 Å². The standard InChI is InChI=1S/C36H21N3S/c1-2-11-23(12-3-1)33-27-15-6-8-16-29(27)37-36(38-33)39-30-17-9-7-14-25(30)26-20-21-31-32(34(26)39)28-19-18-22-10-4-5-13-24(22)35(28)40-31/h1-21H. The zero-order valence-corrected chi connectivity index (χ0v) is 22.2. The van der Waals surface area contributed by atoms with Crippen LogP contribution in [0.25, 0.3) is 80.9 Å². The minimum atomic E-state index is 0.691. The van der Waals surface area contributed by atoms with Crippen LogP contribution in [0, 0.1) is 0 Å². The number of aromatic nitrogens is 3. The molecule has 6 aromatic carbocycles. The summed E-state index contributed by atoms with van der Waals surface area (Å²) in [6, 6.07) is 45.1. The fourth-order valence-electron chi connectivity index (χ4n) is 6.23. The molecule has 0 radical (unpaired) electrons. The summed E-state index contributed by atoms with van der Waals surface area (Å²) in [5.41, 5.74) is 5.24. The Bertz CT molecular complexity index is 2430. The number of para-hydroxylation sites is 2. The minimum absolute atomic E-state index is 0.691. The molecule has 40 heavy (non-hydrogen) atoms. The van der Waals surface area contributed by atoms with Crippen molar-refractivity contribution in [3.63, 3.8) is 0 Å². The quantitative estimate of drug-likeness (QED) is 0.224. The van der Waals surface area contributed by atoms with Crippen LogP contribution in [0.5, 0.6) is 0 Å². The molecule has 3 aromatic heterocycles. The molecule has 9 rings (SSSR count). The fraction of sp³-hybridized carbons (Fsp3) is 0. The van der Waals surface area contributed by atoms with Crippen LogP contribution in [-0.2, 0) is 0 Å². The van der Waals surface area contributed by atoms with Crippen LogP contribution in [0.3, 0.4) is 0 Å². The van der Waals surface area contributed by atoms with Gasteiger partial charge < -0.3 is 0 Å². The van der Waals surface area contributed by atoms with E-state index < -0.39 is 0 Å². The van der Waals surface area contributed by atoms with Crippen molar-refractivity contribution >= 4 is 75.0 Å². The Morgan fingerprint density at radius 2 is 1.25 bits per heavy atom. The molecule has 186 valence electrons. The fourth-order valence-corrected chi connectivity index (χ4v) is 7.47. The number of hydrogen-bond donors (Lipinski definition) is 0. The lowest BCUT2D eigenvalue weighted by Gasteiger charge is -2.12. The highest BCUT2D eigenvalue weighted by Crippen LogP contribution is 2.44. The lowest BCUT2D eigenvalue weighted by Crippen LogP contribution is -2.03. The van der Waals surface area contributed by atoms with Crippen molar-refractivity contribution in [3.05, 3.63) is 127 Å². The Labute approximate surface area is 233 Å². The molecule has 9 aromatic rings. The molecular formula is C36H21N3S. The van der Waals surface area contributed by atoms with Crippen LogP contribution < -0.4 is 0 Å². The summed E-state index contributed by atoms with van der Waals surface area (Å²) in [5, 5.41) is 8.58. The van der Waals surface area contributed by atoms with E-state index in [0.29, 0.717) is 5.95 Å². The van der Waals surface area contributed by atoms with E-state index >= 15 is 0 Å².